The number of nitrogens with zero attached hydrogens (tertiary/aromatic N) is 2. The molecule has 0 amide bonds. The first-order valence-corrected chi connectivity index (χ1v) is 6.61. The summed E-state index contributed by atoms with van der Waals surface area (Å²) in [4.78, 5) is 6.76. The van der Waals surface area contributed by atoms with Gasteiger partial charge in [0.1, 0.15) is 0 Å². The highest BCUT2D eigenvalue weighted by Gasteiger charge is 2.26. The molecule has 1 aromatic rings. The maximum Gasteiger partial charge on any atom is 0.0772 e. The molecule has 1 aliphatic heterocycles. The summed E-state index contributed by atoms with van der Waals surface area (Å²) < 4.78 is 5.54. The highest BCUT2D eigenvalue weighted by atomic mass is 16.5. The number of rotatable bonds is 3. The van der Waals surface area contributed by atoms with Crippen molar-refractivity contribution in [2.75, 3.05) is 25.1 Å². The number of methoxy groups -OCH3 is 1. The van der Waals surface area contributed by atoms with Gasteiger partial charge in [0.05, 0.1) is 23.7 Å². The number of ether oxygens (including phenoxy) is 1. The molecule has 0 spiro atoms. The molecule has 0 aromatic carbocycles. The second-order valence-corrected chi connectivity index (χ2v) is 5.22. The van der Waals surface area contributed by atoms with Gasteiger partial charge in [-0.25, -0.2) is 0 Å². The fourth-order valence-corrected chi connectivity index (χ4v) is 2.43. The predicted octanol–water partition coefficient (Wildman–Crippen LogP) is 1.96. The van der Waals surface area contributed by atoms with Gasteiger partial charge in [-0.2, -0.15) is 0 Å². The molecule has 0 bridgehead atoms. The van der Waals surface area contributed by atoms with E-state index in [1.807, 2.05) is 19.2 Å². The van der Waals surface area contributed by atoms with Crippen molar-refractivity contribution in [3.63, 3.8) is 0 Å². The Morgan fingerprint density at radius 3 is 2.83 bits per heavy atom. The third-order valence-electron chi connectivity index (χ3n) is 3.79. The van der Waals surface area contributed by atoms with Crippen molar-refractivity contribution < 1.29 is 4.74 Å². The molecule has 0 radical (unpaired) electrons. The summed E-state index contributed by atoms with van der Waals surface area (Å²) in [5.74, 6) is 0.627. The Kier molecular flexibility index (Phi) is 4.19. The molecular formula is C14H23N3O. The van der Waals surface area contributed by atoms with Crippen LogP contribution in [0.3, 0.4) is 0 Å². The molecular weight excluding hydrogens is 226 g/mol. The number of piperidine rings is 1. The van der Waals surface area contributed by atoms with Crippen molar-refractivity contribution in [2.24, 2.45) is 11.7 Å². The minimum atomic E-state index is -0.00727. The Morgan fingerprint density at radius 2 is 2.28 bits per heavy atom. The second-order valence-electron chi connectivity index (χ2n) is 5.22. The average Bonchev–Trinajstić information content (AvgIpc) is 2.39. The van der Waals surface area contributed by atoms with Gasteiger partial charge in [0, 0.05) is 26.2 Å². The van der Waals surface area contributed by atoms with Crippen LogP contribution in [0.1, 0.15) is 32.0 Å². The van der Waals surface area contributed by atoms with Gasteiger partial charge in [0.25, 0.3) is 0 Å². The van der Waals surface area contributed by atoms with Gasteiger partial charge < -0.3 is 15.4 Å². The molecule has 2 heterocycles. The molecule has 1 saturated heterocycles. The number of nitrogens with two attached hydrogens (primary N) is 1. The zero-order valence-corrected chi connectivity index (χ0v) is 11.5. The maximum atomic E-state index is 5.81. The van der Waals surface area contributed by atoms with Gasteiger partial charge in [-0.15, -0.1) is 0 Å². The van der Waals surface area contributed by atoms with Gasteiger partial charge in [-0.1, -0.05) is 6.92 Å². The third-order valence-corrected chi connectivity index (χ3v) is 3.79. The molecule has 4 nitrogen and oxygen atoms in total. The van der Waals surface area contributed by atoms with Crippen LogP contribution in [-0.4, -0.2) is 31.3 Å². The lowest BCUT2D eigenvalue weighted by Gasteiger charge is -2.37. The first-order valence-electron chi connectivity index (χ1n) is 6.61. The number of hydrogen-bond acceptors (Lipinski definition) is 4. The van der Waals surface area contributed by atoms with Crippen molar-refractivity contribution in [1.82, 2.24) is 4.98 Å². The minimum Gasteiger partial charge on any atom is -0.379 e. The summed E-state index contributed by atoms with van der Waals surface area (Å²) in [5, 5.41) is 0. The van der Waals surface area contributed by atoms with Crippen molar-refractivity contribution in [2.45, 2.75) is 32.4 Å². The zero-order chi connectivity index (χ0) is 13.1. The van der Waals surface area contributed by atoms with Crippen molar-refractivity contribution in [3.8, 4) is 0 Å². The van der Waals surface area contributed by atoms with Crippen LogP contribution >= 0.6 is 0 Å². The van der Waals surface area contributed by atoms with Crippen LogP contribution < -0.4 is 10.6 Å². The lowest BCUT2D eigenvalue weighted by molar-refractivity contribution is 0.0498. The van der Waals surface area contributed by atoms with Crippen LogP contribution in [0.5, 0.6) is 0 Å². The maximum absolute atomic E-state index is 5.81. The lowest BCUT2D eigenvalue weighted by atomic mass is 9.95. The Bertz CT molecular complexity index is 377. The molecule has 0 saturated carbocycles. The molecule has 2 rings (SSSR count). The van der Waals surface area contributed by atoms with Gasteiger partial charge in [0.2, 0.25) is 0 Å². The van der Waals surface area contributed by atoms with E-state index in [4.69, 9.17) is 10.5 Å². The number of anilines is 1. The molecule has 100 valence electrons. The van der Waals surface area contributed by atoms with E-state index in [0.717, 1.165) is 30.9 Å². The van der Waals surface area contributed by atoms with Crippen molar-refractivity contribution in [3.05, 3.63) is 24.0 Å². The van der Waals surface area contributed by atoms with Crippen LogP contribution in [0, 0.1) is 5.92 Å². The summed E-state index contributed by atoms with van der Waals surface area (Å²) in [5.41, 5.74) is 7.91. The highest BCUT2D eigenvalue weighted by Crippen LogP contribution is 2.24. The van der Waals surface area contributed by atoms with E-state index in [1.54, 1.807) is 7.11 Å². The summed E-state index contributed by atoms with van der Waals surface area (Å²) in [7, 11) is 1.79. The van der Waals surface area contributed by atoms with Crippen LogP contribution in [0.4, 0.5) is 5.69 Å². The number of hydrogen-bond donors (Lipinski definition) is 1. The van der Waals surface area contributed by atoms with Crippen molar-refractivity contribution in [1.29, 1.82) is 0 Å². The van der Waals surface area contributed by atoms with E-state index in [2.05, 4.69) is 22.9 Å². The largest absolute Gasteiger partial charge is 0.379 e. The molecule has 1 aromatic heterocycles. The second kappa shape index (κ2) is 5.67. The normalized spacial score (nSPS) is 26.1. The molecule has 1 fully saturated rings. The summed E-state index contributed by atoms with van der Waals surface area (Å²) >= 11 is 0. The fourth-order valence-electron chi connectivity index (χ4n) is 2.43. The molecule has 1 aliphatic rings. The van der Waals surface area contributed by atoms with Crippen LogP contribution in [0.15, 0.2) is 18.3 Å². The summed E-state index contributed by atoms with van der Waals surface area (Å²) in [6.07, 6.45) is 3.39. The number of pyridine rings is 1. The fraction of sp³-hybridized carbons (Fsp3) is 0.643. The van der Waals surface area contributed by atoms with E-state index in [9.17, 15) is 0 Å². The highest BCUT2D eigenvalue weighted by molar-refractivity contribution is 5.45. The van der Waals surface area contributed by atoms with E-state index in [-0.39, 0.29) is 6.04 Å². The van der Waals surface area contributed by atoms with Crippen LogP contribution in [0.2, 0.25) is 0 Å². The van der Waals surface area contributed by atoms with Gasteiger partial charge >= 0.3 is 0 Å². The standard InChI is InChI=1S/C14H23N3O/c1-10-6-7-17(9-14(10)18-3)12-4-5-13(11(2)15)16-8-12/h4-5,8,10-11,14H,6-7,9,15H2,1-3H3/t10?,11-,14?/m1/s1. The van der Waals surface area contributed by atoms with Gasteiger partial charge in [0.15, 0.2) is 0 Å². The van der Waals surface area contributed by atoms with Gasteiger partial charge in [-0.3, -0.25) is 4.98 Å². The summed E-state index contributed by atoms with van der Waals surface area (Å²) in [6, 6.07) is 4.11. The van der Waals surface area contributed by atoms with E-state index >= 15 is 0 Å². The average molecular weight is 249 g/mol. The molecule has 18 heavy (non-hydrogen) atoms. The molecule has 2 unspecified atom stereocenters. The van der Waals surface area contributed by atoms with Crippen LogP contribution in [0.25, 0.3) is 0 Å². The molecule has 0 aliphatic carbocycles. The topological polar surface area (TPSA) is 51.4 Å². The van der Waals surface area contributed by atoms with E-state index in [1.165, 1.54) is 0 Å². The first kappa shape index (κ1) is 13.3. The molecule has 3 atom stereocenters. The zero-order valence-electron chi connectivity index (χ0n) is 11.5. The Balaban J connectivity index is 2.07. The van der Waals surface area contributed by atoms with E-state index in [0.29, 0.717) is 12.0 Å². The Morgan fingerprint density at radius 1 is 1.50 bits per heavy atom. The quantitative estimate of drug-likeness (QED) is 0.889. The van der Waals surface area contributed by atoms with Crippen LogP contribution in [-0.2, 0) is 4.74 Å². The minimum absolute atomic E-state index is 0.00727. The Hall–Kier alpha value is -1.13. The number of aromatic nitrogens is 1. The smallest absolute Gasteiger partial charge is 0.0772 e. The third kappa shape index (κ3) is 2.82. The predicted molar refractivity (Wildman–Crippen MR) is 73.6 cm³/mol. The molecule has 4 heteroatoms. The SMILES string of the molecule is COC1CN(c2ccc([C@@H](C)N)nc2)CCC1C. The van der Waals surface area contributed by atoms with E-state index < -0.39 is 0 Å². The van der Waals surface area contributed by atoms with Crippen molar-refractivity contribution >= 4 is 5.69 Å². The summed E-state index contributed by atoms with van der Waals surface area (Å²) in [6.45, 7) is 6.21. The monoisotopic (exact) mass is 249 g/mol. The lowest BCUT2D eigenvalue weighted by Crippen LogP contribution is -2.44. The Labute approximate surface area is 109 Å². The first-order chi connectivity index (χ1) is 8.61. The van der Waals surface area contributed by atoms with Gasteiger partial charge in [-0.05, 0) is 31.4 Å². The molecule has 2 N–H and O–H groups in total.